The topological polar surface area (TPSA) is 55.9 Å². The molecule has 1 saturated heterocycles. The lowest BCUT2D eigenvalue weighted by molar-refractivity contribution is 0.127. The molecule has 1 unspecified atom stereocenters. The normalized spacial score (nSPS) is 18.7. The Morgan fingerprint density at radius 2 is 1.64 bits per heavy atom. The van der Waals surface area contributed by atoms with Gasteiger partial charge in [-0.2, -0.15) is 0 Å². The van der Waals surface area contributed by atoms with Crippen LogP contribution in [0, 0.1) is 5.92 Å². The van der Waals surface area contributed by atoms with Gasteiger partial charge in [0.05, 0.1) is 6.04 Å². The van der Waals surface area contributed by atoms with Crippen LogP contribution in [0.4, 0.5) is 9.59 Å². The molecular weight excluding hydrogens is 340 g/mol. The first-order valence-electron chi connectivity index (χ1n) is 8.73. The number of carbonyl (C=O) groups excluding carboxylic acids is 2. The maximum atomic E-state index is 12.7. The predicted octanol–water partition coefficient (Wildman–Crippen LogP) is 2.80. The number of halogens is 1. The highest BCUT2D eigenvalue weighted by Gasteiger charge is 2.35. The van der Waals surface area contributed by atoms with Crippen LogP contribution in [-0.2, 0) is 0 Å². The molecule has 3 rings (SSSR count). The third-order valence-electron chi connectivity index (χ3n) is 4.82. The summed E-state index contributed by atoms with van der Waals surface area (Å²) in [4.78, 5) is 29.8. The van der Waals surface area contributed by atoms with Crippen LogP contribution in [0.3, 0.4) is 0 Å². The lowest BCUT2D eigenvalue weighted by Gasteiger charge is -2.36. The zero-order valence-electron chi connectivity index (χ0n) is 14.7. The Balaban J connectivity index is 1.58. The maximum Gasteiger partial charge on any atom is 0.319 e. The second-order valence-electron chi connectivity index (χ2n) is 6.97. The molecule has 0 aromatic heterocycles. The fourth-order valence-electron chi connectivity index (χ4n) is 3.18. The molecule has 1 N–H and O–H groups in total. The molecule has 1 atom stereocenters. The molecule has 1 aliphatic heterocycles. The molecule has 0 bridgehead atoms. The lowest BCUT2D eigenvalue weighted by atomic mass is 10.0. The Kier molecular flexibility index (Phi) is 5.37. The van der Waals surface area contributed by atoms with E-state index >= 15 is 0 Å². The number of urea groups is 2. The van der Waals surface area contributed by atoms with Crippen molar-refractivity contribution in [2.75, 3.05) is 40.3 Å². The van der Waals surface area contributed by atoms with Gasteiger partial charge in [-0.05, 0) is 36.5 Å². The molecule has 2 fully saturated rings. The first-order valence-corrected chi connectivity index (χ1v) is 9.10. The van der Waals surface area contributed by atoms with Crippen molar-refractivity contribution in [2.24, 2.45) is 5.92 Å². The summed E-state index contributed by atoms with van der Waals surface area (Å²) in [6.45, 7) is 2.26. The number of benzene rings is 1. The molecule has 0 radical (unpaired) electrons. The third-order valence-corrected chi connectivity index (χ3v) is 5.07. The number of piperazine rings is 1. The summed E-state index contributed by atoms with van der Waals surface area (Å²) < 4.78 is 0. The number of carbonyl (C=O) groups is 2. The fourth-order valence-corrected chi connectivity index (χ4v) is 3.31. The highest BCUT2D eigenvalue weighted by atomic mass is 35.5. The van der Waals surface area contributed by atoms with Gasteiger partial charge in [-0.1, -0.05) is 23.7 Å². The molecule has 7 heteroatoms. The van der Waals surface area contributed by atoms with Gasteiger partial charge >= 0.3 is 12.1 Å². The van der Waals surface area contributed by atoms with Crippen LogP contribution in [0.5, 0.6) is 0 Å². The van der Waals surface area contributed by atoms with Crippen LogP contribution in [0.25, 0.3) is 0 Å². The van der Waals surface area contributed by atoms with Crippen LogP contribution in [0.15, 0.2) is 24.3 Å². The summed E-state index contributed by atoms with van der Waals surface area (Å²) in [5.41, 5.74) is 1.10. The van der Waals surface area contributed by atoms with Crippen molar-refractivity contribution >= 4 is 23.7 Å². The Hall–Kier alpha value is -1.95. The highest BCUT2D eigenvalue weighted by molar-refractivity contribution is 6.30. The van der Waals surface area contributed by atoms with Gasteiger partial charge < -0.3 is 20.0 Å². The van der Waals surface area contributed by atoms with Crippen molar-refractivity contribution in [3.05, 3.63) is 34.9 Å². The third kappa shape index (κ3) is 4.37. The molecular formula is C18H25ClN4O2. The standard InChI is InChI=1S/C18H25ClN4O2/c1-21(2)18(25)23-11-9-22(10-12-23)17(24)20-16(13-3-4-13)14-5-7-15(19)8-6-14/h5-8,13,16H,3-4,9-12H2,1-2H3,(H,20,24). The van der Waals surface area contributed by atoms with Crippen molar-refractivity contribution in [3.8, 4) is 0 Å². The summed E-state index contributed by atoms with van der Waals surface area (Å²) in [7, 11) is 3.49. The van der Waals surface area contributed by atoms with Gasteiger partial charge in [-0.15, -0.1) is 0 Å². The first kappa shape index (κ1) is 17.9. The smallest absolute Gasteiger partial charge is 0.319 e. The van der Waals surface area contributed by atoms with E-state index < -0.39 is 0 Å². The van der Waals surface area contributed by atoms with Gasteiger partial charge in [0.25, 0.3) is 0 Å². The molecule has 1 aromatic rings. The first-order chi connectivity index (χ1) is 12.0. The van der Waals surface area contributed by atoms with E-state index in [9.17, 15) is 9.59 Å². The molecule has 136 valence electrons. The Morgan fingerprint density at radius 3 is 2.16 bits per heavy atom. The van der Waals surface area contributed by atoms with Crippen LogP contribution >= 0.6 is 11.6 Å². The van der Waals surface area contributed by atoms with Gasteiger partial charge in [-0.25, -0.2) is 9.59 Å². The largest absolute Gasteiger partial charge is 0.331 e. The monoisotopic (exact) mass is 364 g/mol. The van der Waals surface area contributed by atoms with Crippen molar-refractivity contribution in [1.29, 1.82) is 0 Å². The SMILES string of the molecule is CN(C)C(=O)N1CCN(C(=O)NC(c2ccc(Cl)cc2)C2CC2)CC1. The van der Waals surface area contributed by atoms with Crippen LogP contribution in [0.2, 0.25) is 5.02 Å². The predicted molar refractivity (Wildman–Crippen MR) is 97.7 cm³/mol. The van der Waals surface area contributed by atoms with Gasteiger partial charge in [-0.3, -0.25) is 0 Å². The van der Waals surface area contributed by atoms with Gasteiger partial charge in [0.15, 0.2) is 0 Å². The summed E-state index contributed by atoms with van der Waals surface area (Å²) >= 11 is 5.97. The van der Waals surface area contributed by atoms with Crippen LogP contribution in [0.1, 0.15) is 24.4 Å². The van der Waals surface area contributed by atoms with Crippen molar-refractivity contribution in [3.63, 3.8) is 0 Å². The van der Waals surface area contributed by atoms with E-state index in [2.05, 4.69) is 5.32 Å². The van der Waals surface area contributed by atoms with Crippen molar-refractivity contribution in [1.82, 2.24) is 20.0 Å². The molecule has 1 aliphatic carbocycles. The summed E-state index contributed by atoms with van der Waals surface area (Å²) in [6.07, 6.45) is 2.28. The van der Waals surface area contributed by atoms with E-state index in [0.29, 0.717) is 37.1 Å². The molecule has 1 aromatic carbocycles. The molecule has 0 spiro atoms. The zero-order chi connectivity index (χ0) is 18.0. The zero-order valence-corrected chi connectivity index (χ0v) is 15.5. The van der Waals surface area contributed by atoms with Gasteiger partial charge in [0.2, 0.25) is 0 Å². The number of nitrogens with zero attached hydrogens (tertiary/aromatic N) is 3. The molecule has 25 heavy (non-hydrogen) atoms. The number of amides is 4. The van der Waals surface area contributed by atoms with E-state index in [1.165, 1.54) is 0 Å². The average Bonchev–Trinajstić information content (AvgIpc) is 3.45. The molecule has 6 nitrogen and oxygen atoms in total. The second-order valence-corrected chi connectivity index (χ2v) is 7.40. The Morgan fingerprint density at radius 1 is 1.08 bits per heavy atom. The fraction of sp³-hybridized carbons (Fsp3) is 0.556. The highest BCUT2D eigenvalue weighted by Crippen LogP contribution is 2.41. The van der Waals surface area contributed by atoms with E-state index in [1.54, 1.807) is 28.8 Å². The van der Waals surface area contributed by atoms with Gasteiger partial charge in [0.1, 0.15) is 0 Å². The summed E-state index contributed by atoms with van der Waals surface area (Å²) in [5, 5.41) is 3.88. The van der Waals surface area contributed by atoms with E-state index in [4.69, 9.17) is 11.6 Å². The molecule has 4 amide bonds. The summed E-state index contributed by atoms with van der Waals surface area (Å²) in [6, 6.07) is 7.68. The van der Waals surface area contributed by atoms with E-state index in [-0.39, 0.29) is 18.1 Å². The number of rotatable bonds is 3. The van der Waals surface area contributed by atoms with Crippen molar-refractivity contribution in [2.45, 2.75) is 18.9 Å². The van der Waals surface area contributed by atoms with E-state index in [1.807, 2.05) is 24.3 Å². The van der Waals surface area contributed by atoms with Crippen LogP contribution in [-0.4, -0.2) is 67.0 Å². The number of hydrogen-bond acceptors (Lipinski definition) is 2. The number of hydrogen-bond donors (Lipinski definition) is 1. The van der Waals surface area contributed by atoms with E-state index in [0.717, 1.165) is 18.4 Å². The summed E-state index contributed by atoms with van der Waals surface area (Å²) in [5.74, 6) is 0.502. The molecule has 2 aliphatic rings. The minimum atomic E-state index is -0.0520. The maximum absolute atomic E-state index is 12.7. The van der Waals surface area contributed by atoms with Crippen LogP contribution < -0.4 is 5.32 Å². The Labute approximate surface area is 153 Å². The quantitative estimate of drug-likeness (QED) is 0.896. The minimum Gasteiger partial charge on any atom is -0.331 e. The van der Waals surface area contributed by atoms with Gasteiger partial charge in [0, 0.05) is 45.3 Å². The molecule has 1 heterocycles. The second kappa shape index (κ2) is 7.52. The molecule has 1 saturated carbocycles. The lowest BCUT2D eigenvalue weighted by Crippen LogP contribution is -2.55. The minimum absolute atomic E-state index is 0.00270. The van der Waals surface area contributed by atoms with Crippen molar-refractivity contribution < 1.29 is 9.59 Å². The Bertz CT molecular complexity index is 622. The number of nitrogens with one attached hydrogen (secondary N) is 1. The average molecular weight is 365 g/mol.